The molecule has 6 nitrogen and oxygen atoms in total. The van der Waals surface area contributed by atoms with Crippen LogP contribution in [-0.4, -0.2) is 23.7 Å². The number of aliphatic imine (C=N–C) groups is 1. The molecule has 0 unspecified atom stereocenters. The number of nitrogens with zero attached hydrogens (tertiary/aromatic N) is 1. The number of unbranched alkanes of at least 4 members (excludes halogenated alkanes) is 1. The summed E-state index contributed by atoms with van der Waals surface area (Å²) >= 11 is 1.20. The van der Waals surface area contributed by atoms with Crippen molar-refractivity contribution in [1.82, 2.24) is 5.32 Å². The quantitative estimate of drug-likeness (QED) is 0.575. The normalized spacial score (nSPS) is 16.4. The summed E-state index contributed by atoms with van der Waals surface area (Å²) in [7, 11) is 0. The zero-order chi connectivity index (χ0) is 19.9. The number of amides is 1. The van der Waals surface area contributed by atoms with Crippen molar-refractivity contribution in [2.45, 2.75) is 19.8 Å². The molecule has 28 heavy (non-hydrogen) atoms. The van der Waals surface area contributed by atoms with Gasteiger partial charge >= 0.3 is 0 Å². The smallest absolute Gasteiger partial charge is 0.264 e. The van der Waals surface area contributed by atoms with Crippen LogP contribution in [0, 0.1) is 0 Å². The average Bonchev–Trinajstić information content (AvgIpc) is 3.01. The number of carboxylic acid groups (broad SMARTS) is 1. The first-order chi connectivity index (χ1) is 13.5. The van der Waals surface area contributed by atoms with Crippen LogP contribution in [0.3, 0.4) is 0 Å². The highest BCUT2D eigenvalue weighted by molar-refractivity contribution is 8.18. The second-order valence-electron chi connectivity index (χ2n) is 6.09. The summed E-state index contributed by atoms with van der Waals surface area (Å²) in [5.41, 5.74) is 1.32. The number of carbonyl (C=O) groups is 2. The van der Waals surface area contributed by atoms with Crippen LogP contribution in [0.4, 0.5) is 5.69 Å². The van der Waals surface area contributed by atoms with Gasteiger partial charge in [0.2, 0.25) is 0 Å². The maximum absolute atomic E-state index is 12.2. The Morgan fingerprint density at radius 3 is 2.86 bits per heavy atom. The minimum Gasteiger partial charge on any atom is -0.545 e. The topological polar surface area (TPSA) is 90.8 Å². The molecule has 3 rings (SSSR count). The van der Waals surface area contributed by atoms with Gasteiger partial charge in [-0.3, -0.25) is 4.79 Å². The maximum Gasteiger partial charge on any atom is 0.264 e. The van der Waals surface area contributed by atoms with Crippen molar-refractivity contribution >= 4 is 40.6 Å². The van der Waals surface area contributed by atoms with Crippen LogP contribution < -0.4 is 15.2 Å². The third kappa shape index (κ3) is 5.23. The third-order valence-electron chi connectivity index (χ3n) is 3.89. The van der Waals surface area contributed by atoms with E-state index in [-0.39, 0.29) is 11.5 Å². The Morgan fingerprint density at radius 2 is 2.07 bits per heavy atom. The molecule has 1 amide bonds. The van der Waals surface area contributed by atoms with Gasteiger partial charge in [0, 0.05) is 0 Å². The minimum atomic E-state index is -1.27. The van der Waals surface area contributed by atoms with E-state index >= 15 is 0 Å². The Kier molecular flexibility index (Phi) is 6.49. The van der Waals surface area contributed by atoms with E-state index < -0.39 is 5.97 Å². The first-order valence-electron chi connectivity index (χ1n) is 8.89. The monoisotopic (exact) mass is 395 g/mol. The summed E-state index contributed by atoms with van der Waals surface area (Å²) in [6, 6.07) is 13.6. The van der Waals surface area contributed by atoms with E-state index in [9.17, 15) is 14.7 Å². The Morgan fingerprint density at radius 1 is 1.25 bits per heavy atom. The van der Waals surface area contributed by atoms with E-state index in [0.29, 0.717) is 22.4 Å². The van der Waals surface area contributed by atoms with E-state index in [4.69, 9.17) is 4.74 Å². The number of carbonyl (C=O) groups excluding carboxylic acids is 2. The van der Waals surface area contributed by atoms with Gasteiger partial charge in [0.1, 0.15) is 5.75 Å². The SMILES string of the molecule is CCCCOc1cccc(/C=C2\SC(=Nc3cccc(C(=O)[O-])c3)NC2=O)c1. The molecule has 2 aromatic carbocycles. The Bertz CT molecular complexity index is 953. The Hall–Kier alpha value is -3.06. The lowest BCUT2D eigenvalue weighted by Gasteiger charge is -2.05. The minimum absolute atomic E-state index is 0.0341. The number of amidine groups is 1. The number of nitrogens with one attached hydrogen (secondary N) is 1. The number of aromatic carboxylic acids is 1. The molecule has 0 radical (unpaired) electrons. The van der Waals surface area contributed by atoms with Crippen molar-refractivity contribution in [2.75, 3.05) is 6.61 Å². The van der Waals surface area contributed by atoms with Crippen LogP contribution in [0.2, 0.25) is 0 Å². The molecule has 0 spiro atoms. The van der Waals surface area contributed by atoms with Crippen LogP contribution >= 0.6 is 11.8 Å². The van der Waals surface area contributed by atoms with Crippen molar-refractivity contribution in [3.63, 3.8) is 0 Å². The fraction of sp³-hybridized carbons (Fsp3) is 0.190. The number of ether oxygens (including phenoxy) is 1. The van der Waals surface area contributed by atoms with Gasteiger partial charge in [0.25, 0.3) is 5.91 Å². The van der Waals surface area contributed by atoms with E-state index in [0.717, 1.165) is 24.2 Å². The van der Waals surface area contributed by atoms with Gasteiger partial charge in [-0.2, -0.15) is 0 Å². The molecule has 144 valence electrons. The summed E-state index contributed by atoms with van der Waals surface area (Å²) in [4.78, 5) is 28.0. The largest absolute Gasteiger partial charge is 0.545 e. The standard InChI is InChI=1S/C21H20N2O4S/c1-2-3-10-27-17-9-4-6-14(11-17)12-18-19(24)23-21(28-18)22-16-8-5-7-15(13-16)20(25)26/h4-9,11-13H,2-3,10H2,1H3,(H,25,26)(H,22,23,24)/p-1/b18-12-. The van der Waals surface area contributed by atoms with Gasteiger partial charge in [0.15, 0.2) is 5.17 Å². The van der Waals surface area contributed by atoms with Crippen LogP contribution in [0.15, 0.2) is 58.4 Å². The second kappa shape index (κ2) is 9.23. The van der Waals surface area contributed by atoms with Crippen LogP contribution in [0.1, 0.15) is 35.7 Å². The molecule has 2 aromatic rings. The number of rotatable bonds is 7. The highest BCUT2D eigenvalue weighted by Gasteiger charge is 2.23. The summed E-state index contributed by atoms with van der Waals surface area (Å²) in [6.07, 6.45) is 3.82. The Balaban J connectivity index is 1.74. The molecule has 1 N–H and O–H groups in total. The van der Waals surface area contributed by atoms with Gasteiger partial charge in [0.05, 0.1) is 23.2 Å². The van der Waals surface area contributed by atoms with E-state index in [1.165, 1.54) is 23.9 Å². The third-order valence-corrected chi connectivity index (χ3v) is 4.80. The zero-order valence-corrected chi connectivity index (χ0v) is 16.1. The second-order valence-corrected chi connectivity index (χ2v) is 7.12. The predicted octanol–water partition coefficient (Wildman–Crippen LogP) is 3.12. The van der Waals surface area contributed by atoms with Gasteiger partial charge < -0.3 is 20.0 Å². The first-order valence-corrected chi connectivity index (χ1v) is 9.70. The number of hydrogen-bond donors (Lipinski definition) is 1. The Labute approximate surface area is 167 Å². The number of thioether (sulfide) groups is 1. The van der Waals surface area contributed by atoms with Crippen molar-refractivity contribution in [3.8, 4) is 5.75 Å². The summed E-state index contributed by atoms with van der Waals surface area (Å²) in [6.45, 7) is 2.77. The lowest BCUT2D eigenvalue weighted by molar-refractivity contribution is -0.255. The predicted molar refractivity (Wildman–Crippen MR) is 108 cm³/mol. The molecule has 1 saturated heterocycles. The van der Waals surface area contributed by atoms with Crippen molar-refractivity contribution in [3.05, 3.63) is 64.6 Å². The zero-order valence-electron chi connectivity index (χ0n) is 15.3. The molecule has 0 atom stereocenters. The molecular weight excluding hydrogens is 376 g/mol. The lowest BCUT2D eigenvalue weighted by atomic mass is 10.2. The molecule has 0 bridgehead atoms. The molecule has 0 aromatic heterocycles. The highest BCUT2D eigenvalue weighted by Crippen LogP contribution is 2.29. The van der Waals surface area contributed by atoms with Gasteiger partial charge in [-0.05, 0) is 59.7 Å². The van der Waals surface area contributed by atoms with Crippen molar-refractivity contribution in [2.24, 2.45) is 4.99 Å². The fourth-order valence-electron chi connectivity index (χ4n) is 2.48. The molecular formula is C21H19N2O4S-. The van der Waals surface area contributed by atoms with Gasteiger partial charge in [-0.25, -0.2) is 4.99 Å². The number of carboxylic acids is 1. The number of benzene rings is 2. The molecule has 1 aliphatic rings. The van der Waals surface area contributed by atoms with Gasteiger partial charge in [-0.1, -0.05) is 37.6 Å². The first kappa shape index (κ1) is 19.7. The van der Waals surface area contributed by atoms with Crippen molar-refractivity contribution in [1.29, 1.82) is 0 Å². The van der Waals surface area contributed by atoms with Crippen LogP contribution in [0.25, 0.3) is 6.08 Å². The van der Waals surface area contributed by atoms with Crippen LogP contribution in [0.5, 0.6) is 5.75 Å². The molecule has 7 heteroatoms. The molecule has 0 saturated carbocycles. The fourth-order valence-corrected chi connectivity index (χ4v) is 3.32. The van der Waals surface area contributed by atoms with E-state index in [2.05, 4.69) is 17.2 Å². The average molecular weight is 395 g/mol. The van der Waals surface area contributed by atoms with Crippen LogP contribution in [-0.2, 0) is 4.79 Å². The summed E-state index contributed by atoms with van der Waals surface area (Å²) in [5, 5.41) is 14.0. The maximum atomic E-state index is 12.2. The van der Waals surface area contributed by atoms with E-state index in [1.807, 2.05) is 24.3 Å². The van der Waals surface area contributed by atoms with Crippen molar-refractivity contribution < 1.29 is 19.4 Å². The molecule has 1 heterocycles. The highest BCUT2D eigenvalue weighted by atomic mass is 32.2. The summed E-state index contributed by atoms with van der Waals surface area (Å²) < 4.78 is 5.70. The molecule has 1 aliphatic heterocycles. The molecule has 1 fully saturated rings. The molecule has 0 aliphatic carbocycles. The van der Waals surface area contributed by atoms with E-state index in [1.54, 1.807) is 18.2 Å². The lowest BCUT2D eigenvalue weighted by Crippen LogP contribution is -2.22. The van der Waals surface area contributed by atoms with Gasteiger partial charge in [-0.15, -0.1) is 0 Å². The summed E-state index contributed by atoms with van der Waals surface area (Å²) in [5.74, 6) is -0.761. The number of hydrogen-bond acceptors (Lipinski definition) is 6.